The lowest BCUT2D eigenvalue weighted by Crippen LogP contribution is -2.48. The van der Waals surface area contributed by atoms with Crippen LogP contribution in [0.2, 0.25) is 0 Å². The quantitative estimate of drug-likeness (QED) is 0.562. The van der Waals surface area contributed by atoms with Gasteiger partial charge in [0.1, 0.15) is 0 Å². The second kappa shape index (κ2) is 8.79. The number of nitrogens with zero attached hydrogens (tertiary/aromatic N) is 2. The molecule has 1 amide bonds. The maximum Gasteiger partial charge on any atom is 0.269 e. The van der Waals surface area contributed by atoms with Crippen LogP contribution in [0.15, 0.2) is 23.1 Å². The molecule has 0 unspecified atom stereocenters. The van der Waals surface area contributed by atoms with Crippen molar-refractivity contribution in [3.63, 3.8) is 0 Å². The molecule has 1 fully saturated rings. The van der Waals surface area contributed by atoms with Gasteiger partial charge in [-0.1, -0.05) is 13.8 Å². The minimum absolute atomic E-state index is 0.0287. The molecule has 1 aromatic rings. The Balaban J connectivity index is 2.02. The van der Waals surface area contributed by atoms with Crippen LogP contribution in [0, 0.1) is 23.0 Å². The SMILES string of the molecule is CCC(CC)C(=O)N1CCC(NS(=O)(=O)c2ccc([N+](=O)[O-])cc2C)CC1. The summed E-state index contributed by atoms with van der Waals surface area (Å²) in [6.45, 7) is 6.60. The van der Waals surface area contributed by atoms with Gasteiger partial charge in [-0.05, 0) is 44.2 Å². The van der Waals surface area contributed by atoms with Crippen molar-refractivity contribution >= 4 is 21.6 Å². The minimum atomic E-state index is -3.77. The van der Waals surface area contributed by atoms with Crippen LogP contribution < -0.4 is 4.72 Å². The third kappa shape index (κ3) is 5.04. The maximum atomic E-state index is 12.7. The number of non-ortho nitro benzene ring substituents is 1. The highest BCUT2D eigenvalue weighted by Gasteiger charge is 2.29. The van der Waals surface area contributed by atoms with E-state index in [1.807, 2.05) is 18.7 Å². The third-order valence-electron chi connectivity index (χ3n) is 5.12. The monoisotopic (exact) mass is 397 g/mol. The number of carbonyl (C=O) groups excluding carboxylic acids is 1. The van der Waals surface area contributed by atoms with Crippen molar-refractivity contribution < 1.29 is 18.1 Å². The van der Waals surface area contributed by atoms with Crippen LogP contribution in [-0.2, 0) is 14.8 Å². The maximum absolute atomic E-state index is 12.7. The van der Waals surface area contributed by atoms with Gasteiger partial charge in [-0.25, -0.2) is 13.1 Å². The predicted octanol–water partition coefficient (Wildman–Crippen LogP) is 2.61. The summed E-state index contributed by atoms with van der Waals surface area (Å²) in [5, 5.41) is 10.8. The molecule has 1 heterocycles. The van der Waals surface area contributed by atoms with E-state index in [0.29, 0.717) is 31.5 Å². The Kier molecular flexibility index (Phi) is 6.94. The number of amides is 1. The van der Waals surface area contributed by atoms with Gasteiger partial charge in [-0.15, -0.1) is 0 Å². The van der Waals surface area contributed by atoms with E-state index in [-0.39, 0.29) is 28.4 Å². The Morgan fingerprint density at radius 2 is 1.89 bits per heavy atom. The molecule has 1 aliphatic heterocycles. The molecule has 0 saturated carbocycles. The number of piperidine rings is 1. The van der Waals surface area contributed by atoms with E-state index < -0.39 is 14.9 Å². The summed E-state index contributed by atoms with van der Waals surface area (Å²) in [4.78, 5) is 24.6. The van der Waals surface area contributed by atoms with Crippen molar-refractivity contribution in [3.05, 3.63) is 33.9 Å². The number of aryl methyl sites for hydroxylation is 1. The van der Waals surface area contributed by atoms with Crippen molar-refractivity contribution in [1.29, 1.82) is 0 Å². The molecular formula is C18H27N3O5S. The lowest BCUT2D eigenvalue weighted by Gasteiger charge is -2.34. The molecule has 150 valence electrons. The molecule has 0 aliphatic carbocycles. The zero-order chi connectivity index (χ0) is 20.2. The van der Waals surface area contributed by atoms with Gasteiger partial charge in [0.05, 0.1) is 9.82 Å². The number of sulfonamides is 1. The van der Waals surface area contributed by atoms with Gasteiger partial charge >= 0.3 is 0 Å². The molecule has 9 heteroatoms. The summed E-state index contributed by atoms with van der Waals surface area (Å²) in [7, 11) is -3.77. The highest BCUT2D eigenvalue weighted by atomic mass is 32.2. The number of rotatable bonds is 7. The summed E-state index contributed by atoms with van der Waals surface area (Å²) in [6, 6.07) is 3.46. The highest BCUT2D eigenvalue weighted by molar-refractivity contribution is 7.89. The first-order valence-corrected chi connectivity index (χ1v) is 10.7. The van der Waals surface area contributed by atoms with Crippen LogP contribution in [0.1, 0.15) is 45.1 Å². The molecular weight excluding hydrogens is 370 g/mol. The molecule has 2 rings (SSSR count). The van der Waals surface area contributed by atoms with Gasteiger partial charge in [-0.2, -0.15) is 0 Å². The fourth-order valence-corrected chi connectivity index (χ4v) is 4.98. The fourth-order valence-electron chi connectivity index (χ4n) is 3.45. The van der Waals surface area contributed by atoms with Gasteiger partial charge in [0, 0.05) is 37.2 Å². The molecule has 1 aromatic carbocycles. The summed E-state index contributed by atoms with van der Waals surface area (Å²) in [5.41, 5.74) is 0.192. The van der Waals surface area contributed by atoms with E-state index in [0.717, 1.165) is 12.8 Å². The standard InChI is InChI=1S/C18H27N3O5S/c1-4-14(5-2)18(22)20-10-8-15(9-11-20)19-27(25,26)17-7-6-16(21(23)24)12-13(17)3/h6-7,12,14-15,19H,4-5,8-11H2,1-3H3. The Hall–Kier alpha value is -2.00. The van der Waals surface area contributed by atoms with Crippen LogP contribution >= 0.6 is 0 Å². The van der Waals surface area contributed by atoms with E-state index in [9.17, 15) is 23.3 Å². The smallest absolute Gasteiger partial charge is 0.269 e. The lowest BCUT2D eigenvalue weighted by molar-refractivity contribution is -0.385. The summed E-state index contributed by atoms with van der Waals surface area (Å²) in [6.07, 6.45) is 2.72. The Morgan fingerprint density at radius 1 is 1.30 bits per heavy atom. The number of nitro benzene ring substituents is 1. The Morgan fingerprint density at radius 3 is 2.37 bits per heavy atom. The summed E-state index contributed by atoms with van der Waals surface area (Å²) in [5.74, 6) is 0.175. The highest BCUT2D eigenvalue weighted by Crippen LogP contribution is 2.23. The molecule has 0 atom stereocenters. The fraction of sp³-hybridized carbons (Fsp3) is 0.611. The Bertz CT molecular complexity index is 797. The molecule has 27 heavy (non-hydrogen) atoms. The second-order valence-corrected chi connectivity index (χ2v) is 8.62. The van der Waals surface area contributed by atoms with Crippen LogP contribution in [0.3, 0.4) is 0 Å². The molecule has 0 spiro atoms. The van der Waals surface area contributed by atoms with E-state index in [2.05, 4.69) is 4.72 Å². The first kappa shape index (κ1) is 21.3. The molecule has 1 aliphatic rings. The van der Waals surface area contributed by atoms with Gasteiger partial charge in [0.15, 0.2) is 0 Å². The van der Waals surface area contributed by atoms with Crippen molar-refractivity contribution in [3.8, 4) is 0 Å². The van der Waals surface area contributed by atoms with Crippen molar-refractivity contribution in [1.82, 2.24) is 9.62 Å². The second-order valence-electron chi connectivity index (χ2n) is 6.94. The lowest BCUT2D eigenvalue weighted by atomic mass is 9.99. The number of carbonyl (C=O) groups is 1. The summed E-state index contributed by atoms with van der Waals surface area (Å²) >= 11 is 0. The van der Waals surface area contributed by atoms with Crippen LogP contribution in [-0.4, -0.2) is 43.3 Å². The number of nitro groups is 1. The molecule has 0 radical (unpaired) electrons. The number of likely N-dealkylation sites (tertiary alicyclic amines) is 1. The zero-order valence-electron chi connectivity index (χ0n) is 16.0. The van der Waals surface area contributed by atoms with Crippen LogP contribution in [0.4, 0.5) is 5.69 Å². The average molecular weight is 397 g/mol. The van der Waals surface area contributed by atoms with Crippen LogP contribution in [0.25, 0.3) is 0 Å². The first-order valence-electron chi connectivity index (χ1n) is 9.25. The normalized spacial score (nSPS) is 15.9. The van der Waals surface area contributed by atoms with Crippen molar-refractivity contribution in [2.24, 2.45) is 5.92 Å². The molecule has 0 bridgehead atoms. The molecule has 1 N–H and O–H groups in total. The molecule has 0 aromatic heterocycles. The largest absolute Gasteiger partial charge is 0.342 e. The van der Waals surface area contributed by atoms with E-state index >= 15 is 0 Å². The van der Waals surface area contributed by atoms with E-state index in [4.69, 9.17) is 0 Å². The topological polar surface area (TPSA) is 110 Å². The predicted molar refractivity (Wildman–Crippen MR) is 102 cm³/mol. The van der Waals surface area contributed by atoms with E-state index in [1.54, 1.807) is 6.92 Å². The van der Waals surface area contributed by atoms with Gasteiger partial charge in [0.25, 0.3) is 5.69 Å². The third-order valence-corrected chi connectivity index (χ3v) is 6.80. The van der Waals surface area contributed by atoms with Crippen molar-refractivity contribution in [2.45, 2.75) is 57.4 Å². The van der Waals surface area contributed by atoms with Gasteiger partial charge in [0.2, 0.25) is 15.9 Å². The zero-order valence-corrected chi connectivity index (χ0v) is 16.8. The minimum Gasteiger partial charge on any atom is -0.342 e. The van der Waals surface area contributed by atoms with Gasteiger partial charge in [-0.3, -0.25) is 14.9 Å². The Labute approximate surface area is 160 Å². The number of benzene rings is 1. The number of hydrogen-bond donors (Lipinski definition) is 1. The first-order chi connectivity index (χ1) is 12.7. The van der Waals surface area contributed by atoms with Gasteiger partial charge < -0.3 is 4.90 Å². The summed E-state index contributed by atoms with van der Waals surface area (Å²) < 4.78 is 28.0. The molecule has 8 nitrogen and oxygen atoms in total. The average Bonchev–Trinajstić information content (AvgIpc) is 2.62. The van der Waals surface area contributed by atoms with Crippen molar-refractivity contribution in [2.75, 3.05) is 13.1 Å². The van der Waals surface area contributed by atoms with E-state index in [1.165, 1.54) is 18.2 Å². The number of nitrogens with one attached hydrogen (secondary N) is 1. The van der Waals surface area contributed by atoms with Crippen LogP contribution in [0.5, 0.6) is 0 Å². The number of hydrogen-bond acceptors (Lipinski definition) is 5. The molecule has 1 saturated heterocycles.